The lowest BCUT2D eigenvalue weighted by molar-refractivity contribution is 0.0161. The largest absolute Gasteiger partial charge is 0.489 e. The van der Waals surface area contributed by atoms with Crippen molar-refractivity contribution in [2.24, 2.45) is 0 Å². The highest BCUT2D eigenvalue weighted by atomic mass is 35.5. The number of halogens is 1. The van der Waals surface area contributed by atoms with Gasteiger partial charge in [0.15, 0.2) is 5.76 Å². The predicted molar refractivity (Wildman–Crippen MR) is 118 cm³/mol. The second-order valence-corrected chi connectivity index (χ2v) is 7.74. The smallest absolute Gasteiger partial charge is 0.287 e. The van der Waals surface area contributed by atoms with Crippen LogP contribution < -0.4 is 10.1 Å². The molecule has 2 heterocycles. The summed E-state index contributed by atoms with van der Waals surface area (Å²) in [5, 5.41) is 3.72. The molecule has 1 amide bonds. The third-order valence-electron chi connectivity index (χ3n) is 5.29. The van der Waals surface area contributed by atoms with Gasteiger partial charge in [0.2, 0.25) is 0 Å². The molecule has 4 rings (SSSR count). The van der Waals surface area contributed by atoms with Gasteiger partial charge in [-0.25, -0.2) is 0 Å². The quantitative estimate of drug-likeness (QED) is 0.565. The van der Waals surface area contributed by atoms with E-state index < -0.39 is 0 Å². The standard InChI is InChI=1S/C24H25ClN2O4/c25-20-8-6-18(7-9-20)22(27-11-14-29-15-12-27)16-26-24(28)23-19(10-13-30-23)17-31-21-4-2-1-3-5-21/h1-10,13,22H,11-12,14-17H2,(H,26,28). The van der Waals surface area contributed by atoms with Gasteiger partial charge < -0.3 is 19.2 Å². The van der Waals surface area contributed by atoms with E-state index in [1.54, 1.807) is 6.07 Å². The highest BCUT2D eigenvalue weighted by molar-refractivity contribution is 6.30. The summed E-state index contributed by atoms with van der Waals surface area (Å²) < 4.78 is 16.7. The maximum atomic E-state index is 12.9. The van der Waals surface area contributed by atoms with E-state index in [0.717, 1.165) is 24.4 Å². The summed E-state index contributed by atoms with van der Waals surface area (Å²) in [6, 6.07) is 19.0. The molecule has 6 nitrogen and oxygen atoms in total. The maximum Gasteiger partial charge on any atom is 0.287 e. The number of amides is 1. The molecule has 1 saturated heterocycles. The van der Waals surface area contributed by atoms with Crippen LogP contribution in [0.1, 0.15) is 27.7 Å². The van der Waals surface area contributed by atoms with Gasteiger partial charge in [-0.1, -0.05) is 41.9 Å². The molecule has 1 aliphatic rings. The van der Waals surface area contributed by atoms with E-state index in [1.807, 2.05) is 54.6 Å². The van der Waals surface area contributed by atoms with Gasteiger partial charge in [-0.05, 0) is 35.9 Å². The number of para-hydroxylation sites is 1. The van der Waals surface area contributed by atoms with Crippen molar-refractivity contribution in [2.75, 3.05) is 32.8 Å². The number of nitrogens with one attached hydrogen (secondary N) is 1. The first-order chi connectivity index (χ1) is 15.2. The minimum atomic E-state index is -0.260. The molecule has 3 aromatic rings. The minimum absolute atomic E-state index is 0.0177. The zero-order chi connectivity index (χ0) is 21.5. The molecule has 1 unspecified atom stereocenters. The Morgan fingerprint density at radius 3 is 2.55 bits per heavy atom. The number of hydrogen-bond acceptors (Lipinski definition) is 5. The molecule has 7 heteroatoms. The number of morpholine rings is 1. The Bertz CT molecular complexity index is 969. The Kier molecular flexibility index (Phi) is 7.25. The van der Waals surface area contributed by atoms with Crippen molar-refractivity contribution in [3.63, 3.8) is 0 Å². The van der Waals surface area contributed by atoms with E-state index >= 15 is 0 Å². The molecule has 0 bridgehead atoms. The molecule has 1 atom stereocenters. The first-order valence-corrected chi connectivity index (χ1v) is 10.7. The van der Waals surface area contributed by atoms with Gasteiger partial charge in [-0.15, -0.1) is 0 Å². The van der Waals surface area contributed by atoms with Gasteiger partial charge in [0.05, 0.1) is 25.5 Å². The van der Waals surface area contributed by atoms with Crippen LogP contribution in [0.15, 0.2) is 71.3 Å². The number of ether oxygens (including phenoxy) is 2. The van der Waals surface area contributed by atoms with Crippen LogP contribution in [0.3, 0.4) is 0 Å². The highest BCUT2D eigenvalue weighted by Gasteiger charge is 2.24. The average Bonchev–Trinajstić information content (AvgIpc) is 3.29. The summed E-state index contributed by atoms with van der Waals surface area (Å²) in [4.78, 5) is 15.2. The van der Waals surface area contributed by atoms with Crippen LogP contribution in [-0.2, 0) is 11.3 Å². The molecule has 1 N–H and O–H groups in total. The van der Waals surface area contributed by atoms with Crippen molar-refractivity contribution in [3.05, 3.63) is 88.8 Å². The number of furan rings is 1. The van der Waals surface area contributed by atoms with E-state index in [-0.39, 0.29) is 24.3 Å². The summed E-state index contributed by atoms with van der Waals surface area (Å²) in [6.45, 7) is 3.67. The van der Waals surface area contributed by atoms with Crippen molar-refractivity contribution in [3.8, 4) is 5.75 Å². The van der Waals surface area contributed by atoms with E-state index in [1.165, 1.54) is 6.26 Å². The zero-order valence-electron chi connectivity index (χ0n) is 17.1. The third-order valence-corrected chi connectivity index (χ3v) is 5.54. The second kappa shape index (κ2) is 10.5. The van der Waals surface area contributed by atoms with Crippen LogP contribution in [0.25, 0.3) is 0 Å². The van der Waals surface area contributed by atoms with Crippen molar-refractivity contribution < 1.29 is 18.7 Å². The lowest BCUT2D eigenvalue weighted by Crippen LogP contribution is -2.43. The SMILES string of the molecule is O=C(NCC(c1ccc(Cl)cc1)N1CCOCC1)c1occc1COc1ccccc1. The lowest BCUT2D eigenvalue weighted by atomic mass is 10.0. The summed E-state index contributed by atoms with van der Waals surface area (Å²) in [5.74, 6) is 0.752. The number of nitrogens with zero attached hydrogens (tertiary/aromatic N) is 1. The van der Waals surface area contributed by atoms with Crippen LogP contribution in [0, 0.1) is 0 Å². The second-order valence-electron chi connectivity index (χ2n) is 7.30. The average molecular weight is 441 g/mol. The number of hydrogen-bond donors (Lipinski definition) is 1. The van der Waals surface area contributed by atoms with Crippen molar-refractivity contribution in [1.29, 1.82) is 0 Å². The Morgan fingerprint density at radius 1 is 1.06 bits per heavy atom. The zero-order valence-corrected chi connectivity index (χ0v) is 17.9. The summed E-state index contributed by atoms with van der Waals surface area (Å²) in [5.41, 5.74) is 1.80. The van der Waals surface area contributed by atoms with Crippen LogP contribution >= 0.6 is 11.6 Å². The number of carbonyl (C=O) groups excluding carboxylic acids is 1. The van der Waals surface area contributed by atoms with Crippen molar-refractivity contribution in [1.82, 2.24) is 10.2 Å². The van der Waals surface area contributed by atoms with Crippen LogP contribution in [0.2, 0.25) is 5.02 Å². The maximum absolute atomic E-state index is 12.9. The molecule has 0 saturated carbocycles. The fraction of sp³-hybridized carbons (Fsp3) is 0.292. The molecule has 0 spiro atoms. The van der Waals surface area contributed by atoms with E-state index in [4.69, 9.17) is 25.5 Å². The van der Waals surface area contributed by atoms with Crippen molar-refractivity contribution >= 4 is 17.5 Å². The monoisotopic (exact) mass is 440 g/mol. The fourth-order valence-corrected chi connectivity index (χ4v) is 3.75. The molecular weight excluding hydrogens is 416 g/mol. The molecule has 0 radical (unpaired) electrons. The van der Waals surface area contributed by atoms with Crippen molar-refractivity contribution in [2.45, 2.75) is 12.6 Å². The fourth-order valence-electron chi connectivity index (χ4n) is 3.63. The number of benzene rings is 2. The first-order valence-electron chi connectivity index (χ1n) is 10.3. The van der Waals surface area contributed by atoms with Gasteiger partial charge in [0.25, 0.3) is 5.91 Å². The van der Waals surface area contributed by atoms with E-state index in [0.29, 0.717) is 30.3 Å². The lowest BCUT2D eigenvalue weighted by Gasteiger charge is -2.34. The molecule has 2 aromatic carbocycles. The summed E-state index contributed by atoms with van der Waals surface area (Å²) >= 11 is 6.06. The van der Waals surface area contributed by atoms with Gasteiger partial charge in [0, 0.05) is 30.2 Å². The molecule has 162 valence electrons. The molecule has 1 aromatic heterocycles. The van der Waals surface area contributed by atoms with Gasteiger partial charge >= 0.3 is 0 Å². The highest BCUT2D eigenvalue weighted by Crippen LogP contribution is 2.23. The number of carbonyl (C=O) groups is 1. The number of rotatable bonds is 8. The van der Waals surface area contributed by atoms with Gasteiger partial charge in [-0.2, -0.15) is 0 Å². The van der Waals surface area contributed by atoms with E-state index in [9.17, 15) is 4.79 Å². The third kappa shape index (κ3) is 5.67. The topological polar surface area (TPSA) is 63.9 Å². The van der Waals surface area contributed by atoms with Crippen LogP contribution in [0.4, 0.5) is 0 Å². The first kappa shape index (κ1) is 21.4. The molecule has 31 heavy (non-hydrogen) atoms. The normalized spacial score (nSPS) is 15.4. The predicted octanol–water partition coefficient (Wildman–Crippen LogP) is 4.32. The van der Waals surface area contributed by atoms with Gasteiger partial charge in [0.1, 0.15) is 12.4 Å². The molecule has 0 aliphatic carbocycles. The molecule has 1 fully saturated rings. The summed E-state index contributed by atoms with van der Waals surface area (Å²) in [6.07, 6.45) is 1.51. The van der Waals surface area contributed by atoms with Crippen LogP contribution in [0.5, 0.6) is 5.75 Å². The van der Waals surface area contributed by atoms with Crippen LogP contribution in [-0.4, -0.2) is 43.7 Å². The molecule has 1 aliphatic heterocycles. The summed E-state index contributed by atoms with van der Waals surface area (Å²) in [7, 11) is 0. The Morgan fingerprint density at radius 2 is 1.81 bits per heavy atom. The van der Waals surface area contributed by atoms with E-state index in [2.05, 4.69) is 10.2 Å². The Balaban J connectivity index is 1.42. The van der Waals surface area contributed by atoms with Gasteiger partial charge in [-0.3, -0.25) is 9.69 Å². The molecular formula is C24H25ClN2O4. The Labute approximate surface area is 186 Å². The Hall–Kier alpha value is -2.80. The minimum Gasteiger partial charge on any atom is -0.489 e.